The molecule has 0 aromatic heterocycles. The van der Waals surface area contributed by atoms with Gasteiger partial charge in [-0.2, -0.15) is 10.3 Å². The minimum atomic E-state index is -0.481. The van der Waals surface area contributed by atoms with Crippen LogP contribution < -0.4 is 21.3 Å². The monoisotopic (exact) mass is 379 g/mol. The Morgan fingerprint density at radius 1 is 0.964 bits per heavy atom. The summed E-state index contributed by atoms with van der Waals surface area (Å²) in [5, 5.41) is 9.85. The summed E-state index contributed by atoms with van der Waals surface area (Å²) in [6.45, 7) is 2.01. The summed E-state index contributed by atoms with van der Waals surface area (Å²) < 4.78 is 0. The third-order valence-electron chi connectivity index (χ3n) is 6.16. The maximum atomic E-state index is 9.85. The second kappa shape index (κ2) is 7.70. The number of nitrogens with two attached hydrogens (primary N) is 2. The Labute approximate surface area is 166 Å². The zero-order valence-electron chi connectivity index (χ0n) is 16.4. The molecule has 1 saturated heterocycles. The fourth-order valence-corrected chi connectivity index (χ4v) is 4.83. The van der Waals surface area contributed by atoms with Crippen molar-refractivity contribution in [2.75, 3.05) is 22.9 Å². The minimum absolute atomic E-state index is 0.248. The van der Waals surface area contributed by atoms with Crippen LogP contribution in [0.4, 0.5) is 11.4 Å². The van der Waals surface area contributed by atoms with Crippen molar-refractivity contribution in [3.05, 3.63) is 23.8 Å². The van der Waals surface area contributed by atoms with E-state index in [0.29, 0.717) is 11.5 Å². The van der Waals surface area contributed by atoms with E-state index >= 15 is 0 Å². The van der Waals surface area contributed by atoms with Gasteiger partial charge in [-0.25, -0.2) is 4.99 Å². The quantitative estimate of drug-likeness (QED) is 0.821. The van der Waals surface area contributed by atoms with Gasteiger partial charge in [0, 0.05) is 18.8 Å². The van der Waals surface area contributed by atoms with Gasteiger partial charge in [0.05, 0.1) is 11.3 Å². The second-order valence-corrected chi connectivity index (χ2v) is 8.03. The third kappa shape index (κ3) is 3.39. The Morgan fingerprint density at radius 2 is 1.64 bits per heavy atom. The van der Waals surface area contributed by atoms with E-state index in [2.05, 4.69) is 28.1 Å². The molecule has 0 unspecified atom stereocenters. The maximum Gasteiger partial charge on any atom is 0.220 e. The van der Waals surface area contributed by atoms with E-state index in [1.165, 1.54) is 32.1 Å². The molecule has 7 nitrogen and oxygen atoms in total. The molecule has 0 bridgehead atoms. The van der Waals surface area contributed by atoms with Crippen LogP contribution in [0.1, 0.15) is 63.4 Å². The van der Waals surface area contributed by atoms with E-state index < -0.39 is 5.66 Å². The number of anilines is 2. The molecule has 1 aromatic carbocycles. The summed E-state index contributed by atoms with van der Waals surface area (Å²) in [6.07, 6.45) is 10.0. The lowest BCUT2D eigenvalue weighted by Gasteiger charge is -2.45. The molecule has 1 aliphatic carbocycles. The number of rotatable bonds is 2. The fourth-order valence-electron chi connectivity index (χ4n) is 4.83. The van der Waals surface area contributed by atoms with Gasteiger partial charge in [-0.1, -0.05) is 19.3 Å². The van der Waals surface area contributed by atoms with Gasteiger partial charge in [0.2, 0.25) is 11.9 Å². The molecule has 2 aliphatic heterocycles. The lowest BCUT2D eigenvalue weighted by molar-refractivity contribution is 0.305. The normalized spacial score (nSPS) is 22.2. The molecule has 2 fully saturated rings. The molecule has 148 valence electrons. The van der Waals surface area contributed by atoms with Crippen molar-refractivity contribution in [2.45, 2.75) is 63.5 Å². The van der Waals surface area contributed by atoms with Crippen LogP contribution in [0, 0.1) is 11.3 Å². The van der Waals surface area contributed by atoms with E-state index in [9.17, 15) is 5.26 Å². The first-order valence-electron chi connectivity index (χ1n) is 10.4. The number of hydrogen-bond acceptors (Lipinski definition) is 7. The van der Waals surface area contributed by atoms with Gasteiger partial charge < -0.3 is 16.4 Å². The SMILES string of the molecule is N#Cc1cc(N2C(N)=NC(N)=NC23CCCCC3)ccc1N1CCCCCC1. The largest absolute Gasteiger partial charge is 0.370 e. The zero-order valence-corrected chi connectivity index (χ0v) is 16.4. The van der Waals surface area contributed by atoms with E-state index in [1.54, 1.807) is 0 Å². The molecule has 1 aromatic rings. The van der Waals surface area contributed by atoms with Crippen LogP contribution in [0.5, 0.6) is 0 Å². The summed E-state index contributed by atoms with van der Waals surface area (Å²) in [6, 6.07) is 8.45. The predicted molar refractivity (Wildman–Crippen MR) is 113 cm³/mol. The summed E-state index contributed by atoms with van der Waals surface area (Å²) in [5.74, 6) is 0.609. The Balaban J connectivity index is 1.71. The highest BCUT2D eigenvalue weighted by Crippen LogP contribution is 2.40. The topological polar surface area (TPSA) is 107 Å². The van der Waals surface area contributed by atoms with Crippen LogP contribution in [0.25, 0.3) is 0 Å². The smallest absolute Gasteiger partial charge is 0.220 e. The summed E-state index contributed by atoms with van der Waals surface area (Å²) >= 11 is 0. The van der Waals surface area contributed by atoms with Gasteiger partial charge >= 0.3 is 0 Å². The van der Waals surface area contributed by atoms with E-state index in [4.69, 9.17) is 16.5 Å². The molecule has 28 heavy (non-hydrogen) atoms. The van der Waals surface area contributed by atoms with Crippen molar-refractivity contribution in [1.82, 2.24) is 0 Å². The first-order valence-corrected chi connectivity index (χ1v) is 10.4. The van der Waals surface area contributed by atoms with Crippen molar-refractivity contribution in [2.24, 2.45) is 21.5 Å². The first kappa shape index (κ1) is 18.6. The summed E-state index contributed by atoms with van der Waals surface area (Å²) in [4.78, 5) is 13.3. The van der Waals surface area contributed by atoms with Gasteiger partial charge in [-0.05, 0) is 56.7 Å². The molecular formula is C21H29N7. The van der Waals surface area contributed by atoms with Crippen LogP contribution in [-0.4, -0.2) is 30.7 Å². The Kier molecular flexibility index (Phi) is 5.12. The number of nitriles is 1. The zero-order chi connectivity index (χ0) is 19.6. The lowest BCUT2D eigenvalue weighted by atomic mass is 9.87. The number of guanidine groups is 2. The van der Waals surface area contributed by atoms with Crippen molar-refractivity contribution in [3.63, 3.8) is 0 Å². The highest BCUT2D eigenvalue weighted by atomic mass is 15.4. The van der Waals surface area contributed by atoms with Crippen molar-refractivity contribution >= 4 is 23.3 Å². The standard InChI is InChI=1S/C21H29N7/c22-15-16-14-17(8-9-18(16)27-12-6-1-2-7-13-27)28-20(24)25-19(23)26-21(28)10-4-3-5-11-21/h8-9,14H,1-7,10-13H2,(H4,23,24,25,26). The molecule has 4 N–H and O–H groups in total. The highest BCUT2D eigenvalue weighted by Gasteiger charge is 2.42. The molecule has 0 radical (unpaired) electrons. The van der Waals surface area contributed by atoms with Crippen LogP contribution in [0.2, 0.25) is 0 Å². The number of benzene rings is 1. The molecule has 0 amide bonds. The van der Waals surface area contributed by atoms with Gasteiger partial charge in [-0.15, -0.1) is 0 Å². The van der Waals surface area contributed by atoms with Crippen LogP contribution in [0.15, 0.2) is 28.2 Å². The molecule has 2 heterocycles. The molecular weight excluding hydrogens is 350 g/mol. The first-order chi connectivity index (χ1) is 13.6. The van der Waals surface area contributed by atoms with E-state index in [-0.39, 0.29) is 5.96 Å². The van der Waals surface area contributed by atoms with Gasteiger partial charge in [0.15, 0.2) is 0 Å². The molecule has 7 heteroatoms. The van der Waals surface area contributed by atoms with Crippen molar-refractivity contribution in [3.8, 4) is 6.07 Å². The average Bonchev–Trinajstić information content (AvgIpc) is 2.97. The second-order valence-electron chi connectivity index (χ2n) is 8.03. The summed E-state index contributed by atoms with van der Waals surface area (Å²) in [7, 11) is 0. The fraction of sp³-hybridized carbons (Fsp3) is 0.571. The Bertz CT molecular complexity index is 822. The Hall–Kier alpha value is -2.75. The van der Waals surface area contributed by atoms with Gasteiger partial charge in [0.25, 0.3) is 0 Å². The van der Waals surface area contributed by atoms with Crippen LogP contribution in [0.3, 0.4) is 0 Å². The van der Waals surface area contributed by atoms with Crippen LogP contribution >= 0.6 is 0 Å². The van der Waals surface area contributed by atoms with E-state index in [0.717, 1.165) is 50.1 Å². The average molecular weight is 380 g/mol. The number of nitrogens with zero attached hydrogens (tertiary/aromatic N) is 5. The van der Waals surface area contributed by atoms with Gasteiger partial charge in [-0.3, -0.25) is 4.90 Å². The highest BCUT2D eigenvalue weighted by molar-refractivity contribution is 6.05. The summed E-state index contributed by atoms with van der Waals surface area (Å²) in [5.41, 5.74) is 14.4. The predicted octanol–water partition coefficient (Wildman–Crippen LogP) is 3.05. The molecule has 1 spiro atoms. The lowest BCUT2D eigenvalue weighted by Crippen LogP contribution is -2.58. The van der Waals surface area contributed by atoms with Crippen LogP contribution in [-0.2, 0) is 0 Å². The van der Waals surface area contributed by atoms with E-state index in [1.807, 2.05) is 11.0 Å². The molecule has 0 atom stereocenters. The molecule has 1 saturated carbocycles. The maximum absolute atomic E-state index is 9.85. The minimum Gasteiger partial charge on any atom is -0.370 e. The number of hydrogen-bond donors (Lipinski definition) is 2. The molecule has 3 aliphatic rings. The van der Waals surface area contributed by atoms with Crippen molar-refractivity contribution < 1.29 is 0 Å². The third-order valence-corrected chi connectivity index (χ3v) is 6.16. The van der Waals surface area contributed by atoms with Gasteiger partial charge in [0.1, 0.15) is 11.7 Å². The number of aliphatic imine (C=N–C) groups is 2. The Morgan fingerprint density at radius 3 is 2.32 bits per heavy atom. The molecule has 4 rings (SSSR count). The van der Waals surface area contributed by atoms with Crippen molar-refractivity contribution in [1.29, 1.82) is 5.26 Å².